The Labute approximate surface area is 225 Å². The molecule has 1 aliphatic rings. The van der Waals surface area contributed by atoms with E-state index in [0.717, 1.165) is 0 Å². The van der Waals surface area contributed by atoms with Crippen molar-refractivity contribution < 1.29 is 33.4 Å². The Kier molecular flexibility index (Phi) is 10.9. The summed E-state index contributed by atoms with van der Waals surface area (Å²) in [5, 5.41) is 8.50. The van der Waals surface area contributed by atoms with Crippen molar-refractivity contribution in [2.24, 2.45) is 0 Å². The Balaban J connectivity index is 2.78. The molecule has 0 aromatic carbocycles. The number of rotatable bonds is 12. The number of carbonyl (C=O) groups excluding carboxylic acids is 4. The van der Waals surface area contributed by atoms with Gasteiger partial charge in [0.15, 0.2) is 9.74 Å². The maximum atomic E-state index is 14.4. The molecule has 0 saturated carbocycles. The Hall–Kier alpha value is -2.66. The number of amides is 2. The molecule has 11 nitrogen and oxygen atoms in total. The smallest absolute Gasteiger partial charge is 0.261 e. The van der Waals surface area contributed by atoms with Crippen LogP contribution in [0.5, 0.6) is 5.88 Å². The molecule has 2 rings (SSSR count). The number of hydrogen-bond acceptors (Lipinski definition) is 11. The van der Waals surface area contributed by atoms with E-state index in [9.17, 15) is 24.4 Å². The third-order valence-corrected chi connectivity index (χ3v) is 8.48. The minimum atomic E-state index is -1.75. The van der Waals surface area contributed by atoms with Gasteiger partial charge >= 0.3 is 0 Å². The maximum absolute atomic E-state index is 14.4. The lowest BCUT2D eigenvalue weighted by atomic mass is 9.94. The van der Waals surface area contributed by atoms with Crippen LogP contribution in [0, 0.1) is 11.3 Å². The maximum Gasteiger partial charge on any atom is 0.261 e. The molecular weight excluding hydrogens is 520 g/mol. The van der Waals surface area contributed by atoms with Gasteiger partial charge in [0, 0.05) is 46.4 Å². The summed E-state index contributed by atoms with van der Waals surface area (Å²) in [6, 6.07) is 4.69. The fourth-order valence-corrected chi connectivity index (χ4v) is 6.49. The first-order chi connectivity index (χ1) is 17.6. The number of piperazine rings is 1. The van der Waals surface area contributed by atoms with Crippen molar-refractivity contribution in [2.75, 3.05) is 41.6 Å². The first kappa shape index (κ1) is 30.6. The molecule has 0 spiro atoms. The quantitative estimate of drug-likeness (QED) is 0.377. The van der Waals surface area contributed by atoms with Gasteiger partial charge in [-0.1, -0.05) is 13.0 Å². The molecule has 0 aliphatic carbocycles. The number of likely N-dealkylation sites (N-methyl/N-ethyl adjacent to an activating group) is 1. The molecule has 0 unspecified atom stereocenters. The lowest BCUT2D eigenvalue weighted by Crippen LogP contribution is -2.73. The van der Waals surface area contributed by atoms with E-state index in [0.29, 0.717) is 41.4 Å². The Morgan fingerprint density at radius 3 is 2.22 bits per heavy atom. The van der Waals surface area contributed by atoms with Crippen molar-refractivity contribution in [3.05, 3.63) is 23.9 Å². The highest BCUT2D eigenvalue weighted by Crippen LogP contribution is 2.50. The number of pyridine rings is 1. The highest BCUT2D eigenvalue weighted by atomic mass is 32.2. The fourth-order valence-electron chi connectivity index (χ4n) is 4.17. The van der Waals surface area contributed by atoms with Gasteiger partial charge < -0.3 is 24.0 Å². The molecule has 0 radical (unpaired) electrons. The predicted octanol–water partition coefficient (Wildman–Crippen LogP) is 2.37. The van der Waals surface area contributed by atoms with Crippen molar-refractivity contribution in [2.45, 2.75) is 48.9 Å². The highest BCUT2D eigenvalue weighted by molar-refractivity contribution is 8.16. The van der Waals surface area contributed by atoms with Crippen LogP contribution in [0.15, 0.2) is 18.3 Å². The molecule has 1 aromatic heterocycles. The third-order valence-electron chi connectivity index (χ3n) is 6.03. The van der Waals surface area contributed by atoms with Gasteiger partial charge in [-0.15, -0.1) is 0 Å². The predicted molar refractivity (Wildman–Crippen MR) is 138 cm³/mol. The monoisotopic (exact) mass is 552 g/mol. The Morgan fingerprint density at radius 1 is 1.11 bits per heavy atom. The van der Waals surface area contributed by atoms with Gasteiger partial charge in [-0.05, 0) is 42.4 Å². The van der Waals surface area contributed by atoms with E-state index in [1.807, 2.05) is 13.0 Å². The van der Waals surface area contributed by atoms with Crippen molar-refractivity contribution in [1.82, 2.24) is 14.8 Å². The minimum Gasteiger partial charge on any atom is -0.481 e. The van der Waals surface area contributed by atoms with E-state index in [4.69, 9.17) is 14.2 Å². The summed E-state index contributed by atoms with van der Waals surface area (Å²) in [7, 11) is 5.61. The summed E-state index contributed by atoms with van der Waals surface area (Å²) in [5.41, 5.74) is 0.602. The van der Waals surface area contributed by atoms with E-state index in [1.165, 1.54) is 45.1 Å². The summed E-state index contributed by atoms with van der Waals surface area (Å²) in [6.07, 6.45) is 1.70. The molecule has 1 fully saturated rings. The van der Waals surface area contributed by atoms with Crippen molar-refractivity contribution in [3.8, 4) is 11.9 Å². The number of nitrogens with zero attached hydrogens (tertiary/aromatic N) is 4. The van der Waals surface area contributed by atoms with Crippen LogP contribution in [0.25, 0.3) is 0 Å². The van der Waals surface area contributed by atoms with E-state index in [1.54, 1.807) is 18.3 Å². The summed E-state index contributed by atoms with van der Waals surface area (Å²) in [5.74, 6) is -0.760. The summed E-state index contributed by atoms with van der Waals surface area (Å²) >= 11 is 1.35. The van der Waals surface area contributed by atoms with Crippen LogP contribution < -0.4 is 4.74 Å². The van der Waals surface area contributed by atoms with Crippen LogP contribution in [0.1, 0.15) is 44.7 Å². The molecular formula is C24H32N4O7S2. The van der Waals surface area contributed by atoms with E-state index in [-0.39, 0.29) is 26.1 Å². The first-order valence-corrected chi connectivity index (χ1v) is 13.1. The van der Waals surface area contributed by atoms with Gasteiger partial charge in [0.2, 0.25) is 16.1 Å². The van der Waals surface area contributed by atoms with Gasteiger partial charge in [0.25, 0.3) is 11.8 Å². The van der Waals surface area contributed by atoms with Gasteiger partial charge in [0.05, 0.1) is 19.2 Å². The number of hydrogen-bond donors (Lipinski definition) is 0. The highest BCUT2D eigenvalue weighted by Gasteiger charge is 2.63. The van der Waals surface area contributed by atoms with Crippen LogP contribution in [-0.4, -0.2) is 88.2 Å². The van der Waals surface area contributed by atoms with E-state index in [2.05, 4.69) is 4.98 Å². The molecule has 37 heavy (non-hydrogen) atoms. The van der Waals surface area contributed by atoms with Crippen LogP contribution in [0.4, 0.5) is 0 Å². The second-order valence-electron chi connectivity index (χ2n) is 8.34. The van der Waals surface area contributed by atoms with Crippen LogP contribution in [0.3, 0.4) is 0 Å². The summed E-state index contributed by atoms with van der Waals surface area (Å²) in [4.78, 5) is 57.5. The lowest BCUT2D eigenvalue weighted by molar-refractivity contribution is -0.168. The molecule has 1 aromatic rings. The normalized spacial score (nSPS) is 22.5. The minimum absolute atomic E-state index is 0.0968. The van der Waals surface area contributed by atoms with Gasteiger partial charge in [-0.2, -0.15) is 5.26 Å². The number of ether oxygens (including phenoxy) is 3. The lowest BCUT2D eigenvalue weighted by Gasteiger charge is -2.56. The SMILES string of the molecule is CC[C@H](c1ccc(OC)nc1)N1C(=O)[C@](C)(SC(=O)COC)N(C)C(=O)[C@]1(CCC#N)SC(=O)COC. The summed E-state index contributed by atoms with van der Waals surface area (Å²) < 4.78 is 15.1. The molecule has 202 valence electrons. The molecule has 0 N–H and O–H groups in total. The molecule has 0 bridgehead atoms. The van der Waals surface area contributed by atoms with E-state index >= 15 is 0 Å². The van der Waals surface area contributed by atoms with Crippen molar-refractivity contribution in [3.63, 3.8) is 0 Å². The molecule has 2 amide bonds. The second kappa shape index (κ2) is 13.2. The average Bonchev–Trinajstić information content (AvgIpc) is 2.88. The number of nitriles is 1. The zero-order chi connectivity index (χ0) is 27.8. The van der Waals surface area contributed by atoms with Gasteiger partial charge in [-0.25, -0.2) is 4.98 Å². The number of carbonyl (C=O) groups is 4. The van der Waals surface area contributed by atoms with Gasteiger partial charge in [0.1, 0.15) is 13.2 Å². The molecule has 1 aliphatic heterocycles. The summed E-state index contributed by atoms with van der Waals surface area (Å²) in [6.45, 7) is 2.78. The molecule has 13 heteroatoms. The van der Waals surface area contributed by atoms with Crippen molar-refractivity contribution >= 4 is 45.6 Å². The third kappa shape index (κ3) is 6.26. The van der Waals surface area contributed by atoms with Crippen molar-refractivity contribution in [1.29, 1.82) is 5.26 Å². The number of aromatic nitrogens is 1. The van der Waals surface area contributed by atoms with E-state index < -0.39 is 37.8 Å². The Morgan fingerprint density at radius 2 is 1.73 bits per heavy atom. The fraction of sp³-hybridized carbons (Fsp3) is 0.583. The Bertz CT molecular complexity index is 1050. The number of methoxy groups -OCH3 is 3. The standard InChI is InChI=1S/C24H32N4O7S2/c1-7-17(16-9-10-18(35-6)26-13-16)28-21(31)23(2,36-19(29)14-33-4)27(3)22(32)24(28,11-8-12-25)37-20(30)15-34-5/h9-10,13,17H,7-8,11,14-15H2,1-6H3/t17-,23+,24+/m1/s1. The zero-order valence-electron chi connectivity index (χ0n) is 21.8. The topological polar surface area (TPSA) is 139 Å². The molecule has 2 heterocycles. The second-order valence-corrected chi connectivity index (χ2v) is 11.1. The van der Waals surface area contributed by atoms with Crippen LogP contribution in [0.2, 0.25) is 0 Å². The molecule has 3 atom stereocenters. The largest absolute Gasteiger partial charge is 0.481 e. The zero-order valence-corrected chi connectivity index (χ0v) is 23.4. The molecule has 1 saturated heterocycles. The first-order valence-electron chi connectivity index (χ1n) is 11.5. The van der Waals surface area contributed by atoms with Crippen LogP contribution in [-0.2, 0) is 28.7 Å². The van der Waals surface area contributed by atoms with Gasteiger partial charge in [-0.3, -0.25) is 19.2 Å². The van der Waals surface area contributed by atoms with Crippen LogP contribution >= 0.6 is 23.5 Å². The average molecular weight is 553 g/mol. The number of thioether (sulfide) groups is 2.